The van der Waals surface area contributed by atoms with Crippen LogP contribution in [0.15, 0.2) is 0 Å². The zero-order valence-corrected chi connectivity index (χ0v) is 16.5. The number of unbranched alkanes of at least 4 members (excludes halogenated alkanes) is 9. The van der Waals surface area contributed by atoms with Crippen LogP contribution >= 0.6 is 12.4 Å². The second-order valence-electron chi connectivity index (χ2n) is 6.20. The largest absolute Gasteiger partial charge is 1.00 e. The van der Waals surface area contributed by atoms with Crippen molar-refractivity contribution in [3.05, 3.63) is 0 Å². The Labute approximate surface area is 146 Å². The van der Waals surface area contributed by atoms with Crippen molar-refractivity contribution in [2.24, 2.45) is 0 Å². The summed E-state index contributed by atoms with van der Waals surface area (Å²) in [4.78, 5) is 0. The van der Waals surface area contributed by atoms with Gasteiger partial charge in [0.15, 0.2) is 0 Å². The molecule has 0 atom stereocenters. The topological polar surface area (TPSA) is 0 Å². The SMILES string of the molecule is CCCCCCCCCCCC[N+](C)(C)C.Cl.[H-].[Na+]. The zero-order valence-electron chi connectivity index (χ0n) is 14.6. The van der Waals surface area contributed by atoms with E-state index in [2.05, 4.69) is 28.1 Å². The van der Waals surface area contributed by atoms with Crippen molar-refractivity contribution in [2.45, 2.75) is 71.1 Å². The van der Waals surface area contributed by atoms with Crippen LogP contribution in [0.5, 0.6) is 0 Å². The minimum absolute atomic E-state index is 0. The molecular formula is C15H36ClNNa+. The first-order valence-corrected chi connectivity index (χ1v) is 7.36. The molecule has 0 N–H and O–H groups in total. The summed E-state index contributed by atoms with van der Waals surface area (Å²) in [6.45, 7) is 3.62. The summed E-state index contributed by atoms with van der Waals surface area (Å²) in [5.74, 6) is 0. The van der Waals surface area contributed by atoms with Crippen molar-refractivity contribution in [1.29, 1.82) is 0 Å². The van der Waals surface area contributed by atoms with Gasteiger partial charge < -0.3 is 5.91 Å². The van der Waals surface area contributed by atoms with Crippen molar-refractivity contribution in [1.82, 2.24) is 0 Å². The van der Waals surface area contributed by atoms with Crippen LogP contribution in [0.25, 0.3) is 0 Å². The molecule has 1 nitrogen and oxygen atoms in total. The molecule has 0 radical (unpaired) electrons. The van der Waals surface area contributed by atoms with E-state index in [1.807, 2.05) is 0 Å². The Morgan fingerprint density at radius 1 is 0.667 bits per heavy atom. The van der Waals surface area contributed by atoms with Gasteiger partial charge in [-0.25, -0.2) is 0 Å². The summed E-state index contributed by atoms with van der Waals surface area (Å²) < 4.78 is 1.12. The molecule has 0 saturated heterocycles. The zero-order chi connectivity index (χ0) is 12.3. The molecule has 0 aliphatic carbocycles. The molecule has 0 aromatic carbocycles. The third-order valence-electron chi connectivity index (χ3n) is 3.18. The number of quaternary nitrogens is 1. The van der Waals surface area contributed by atoms with Crippen molar-refractivity contribution in [2.75, 3.05) is 27.7 Å². The normalized spacial score (nSPS) is 10.7. The predicted octanol–water partition coefficient (Wildman–Crippen LogP) is 2.15. The average Bonchev–Trinajstić information content (AvgIpc) is 2.19. The van der Waals surface area contributed by atoms with E-state index in [0.717, 1.165) is 4.48 Å². The first-order valence-electron chi connectivity index (χ1n) is 7.36. The fourth-order valence-corrected chi connectivity index (χ4v) is 2.07. The molecule has 0 aliphatic rings. The summed E-state index contributed by atoms with van der Waals surface area (Å²) in [7, 11) is 6.86. The summed E-state index contributed by atoms with van der Waals surface area (Å²) in [6, 6.07) is 0. The van der Waals surface area contributed by atoms with Crippen LogP contribution in [0.1, 0.15) is 72.6 Å². The molecule has 108 valence electrons. The molecule has 0 bridgehead atoms. The van der Waals surface area contributed by atoms with Crippen LogP contribution in [0.2, 0.25) is 0 Å². The Kier molecular flexibility index (Phi) is 22.0. The van der Waals surface area contributed by atoms with Crippen LogP contribution < -0.4 is 29.6 Å². The van der Waals surface area contributed by atoms with Gasteiger partial charge in [0.25, 0.3) is 0 Å². The Bertz CT molecular complexity index is 152. The van der Waals surface area contributed by atoms with E-state index < -0.39 is 0 Å². The summed E-state index contributed by atoms with van der Waals surface area (Å²) in [5, 5.41) is 0. The van der Waals surface area contributed by atoms with Crippen LogP contribution in [0.3, 0.4) is 0 Å². The van der Waals surface area contributed by atoms with E-state index in [-0.39, 0.29) is 43.4 Å². The van der Waals surface area contributed by atoms with E-state index in [4.69, 9.17) is 0 Å². The van der Waals surface area contributed by atoms with Gasteiger partial charge in [0.05, 0.1) is 27.7 Å². The molecule has 0 aromatic rings. The number of nitrogens with zero attached hydrogens (tertiary/aromatic N) is 1. The van der Waals surface area contributed by atoms with Gasteiger partial charge in [0.1, 0.15) is 0 Å². The Morgan fingerprint density at radius 2 is 1.00 bits per heavy atom. The van der Waals surface area contributed by atoms with Gasteiger partial charge in [-0.15, -0.1) is 12.4 Å². The molecule has 3 heteroatoms. The quantitative estimate of drug-likeness (QED) is 0.310. The molecule has 0 spiro atoms. The minimum atomic E-state index is 0. The van der Waals surface area contributed by atoms with Crippen LogP contribution in [-0.4, -0.2) is 32.2 Å². The smallest absolute Gasteiger partial charge is 1.00 e. The van der Waals surface area contributed by atoms with Gasteiger partial charge in [-0.05, 0) is 12.8 Å². The molecule has 18 heavy (non-hydrogen) atoms. The van der Waals surface area contributed by atoms with Crippen molar-refractivity contribution in [3.8, 4) is 0 Å². The van der Waals surface area contributed by atoms with E-state index in [9.17, 15) is 0 Å². The van der Waals surface area contributed by atoms with Gasteiger partial charge in [0.2, 0.25) is 0 Å². The summed E-state index contributed by atoms with van der Waals surface area (Å²) in [6.07, 6.45) is 14.4. The van der Waals surface area contributed by atoms with Gasteiger partial charge in [-0.2, -0.15) is 0 Å². The molecular weight excluding hydrogens is 253 g/mol. The maximum absolute atomic E-state index is 2.29. The number of rotatable bonds is 11. The van der Waals surface area contributed by atoms with E-state index >= 15 is 0 Å². The number of halogens is 1. The fourth-order valence-electron chi connectivity index (χ4n) is 2.07. The third-order valence-corrected chi connectivity index (χ3v) is 3.18. The van der Waals surface area contributed by atoms with Gasteiger partial charge in [-0.3, -0.25) is 0 Å². The molecule has 0 unspecified atom stereocenters. The molecule has 0 aliphatic heterocycles. The predicted molar refractivity (Wildman–Crippen MR) is 83.1 cm³/mol. The van der Waals surface area contributed by atoms with Crippen LogP contribution in [0, 0.1) is 0 Å². The Hall–Kier alpha value is 1.25. The van der Waals surface area contributed by atoms with Crippen molar-refractivity contribution in [3.63, 3.8) is 0 Å². The maximum Gasteiger partial charge on any atom is 1.00 e. The molecule has 0 fully saturated rings. The second kappa shape index (κ2) is 16.3. The standard InChI is InChI=1S/C15H34N.ClH.Na.H/c1-5-6-7-8-9-10-11-12-13-14-15-16(2,3)4;;;/h5-15H2,1-4H3;1H;;/q+1;;+1;-1. The molecule has 0 rings (SSSR count). The Morgan fingerprint density at radius 3 is 1.33 bits per heavy atom. The fraction of sp³-hybridized carbons (Fsp3) is 1.00. The number of hydrogen-bond donors (Lipinski definition) is 0. The van der Waals surface area contributed by atoms with E-state index in [1.165, 1.54) is 70.8 Å². The summed E-state index contributed by atoms with van der Waals surface area (Å²) in [5.41, 5.74) is 0. The molecule has 0 heterocycles. The monoisotopic (exact) mass is 288 g/mol. The van der Waals surface area contributed by atoms with Gasteiger partial charge in [-0.1, -0.05) is 58.3 Å². The first kappa shape index (κ1) is 24.3. The van der Waals surface area contributed by atoms with Crippen molar-refractivity contribution >= 4 is 12.4 Å². The van der Waals surface area contributed by atoms with Crippen LogP contribution in [0.4, 0.5) is 0 Å². The third kappa shape index (κ3) is 22.4. The van der Waals surface area contributed by atoms with Crippen LogP contribution in [-0.2, 0) is 0 Å². The van der Waals surface area contributed by atoms with Gasteiger partial charge >= 0.3 is 29.6 Å². The second-order valence-corrected chi connectivity index (χ2v) is 6.20. The van der Waals surface area contributed by atoms with Gasteiger partial charge in [0, 0.05) is 0 Å². The molecule has 0 amide bonds. The first-order chi connectivity index (χ1) is 7.56. The molecule has 0 aromatic heterocycles. The number of hydrogen-bond acceptors (Lipinski definition) is 0. The summed E-state index contributed by atoms with van der Waals surface area (Å²) >= 11 is 0. The Balaban J connectivity index is -0.000000375. The van der Waals surface area contributed by atoms with Crippen molar-refractivity contribution < 1.29 is 35.5 Å². The average molecular weight is 289 g/mol. The minimum Gasteiger partial charge on any atom is -1.00 e. The molecule has 0 saturated carbocycles. The maximum atomic E-state index is 2.29. The van der Waals surface area contributed by atoms with E-state index in [0.29, 0.717) is 0 Å². The van der Waals surface area contributed by atoms with E-state index in [1.54, 1.807) is 0 Å².